The first-order chi connectivity index (χ1) is 19.7. The molecule has 2 aromatic rings. The first-order valence-corrected chi connectivity index (χ1v) is 14.2. The number of halogens is 2. The van der Waals surface area contributed by atoms with Gasteiger partial charge < -0.3 is 15.1 Å². The number of nitrogens with one attached hydrogen (secondary N) is 1. The van der Waals surface area contributed by atoms with E-state index in [1.54, 1.807) is 18.0 Å². The minimum atomic E-state index is -0.425. The van der Waals surface area contributed by atoms with Crippen LogP contribution in [0.25, 0.3) is 5.57 Å². The van der Waals surface area contributed by atoms with E-state index in [4.69, 9.17) is 16.6 Å². The molecular formula is C29H34ClFN8O2. The summed E-state index contributed by atoms with van der Waals surface area (Å²) in [4.78, 5) is 48.5. The minimum Gasteiger partial charge on any atom is -0.380 e. The van der Waals surface area contributed by atoms with E-state index in [0.29, 0.717) is 73.1 Å². The molecule has 5 rings (SSSR count). The SMILES string of the molecule is CN=C(c1cc(Cl)c2nc1N(C=O)c1c(C(C)C)ncnc1C(C)NC1=C2C(F)=CCC1)N1CCN(C=O)CC1C. The van der Waals surface area contributed by atoms with Crippen molar-refractivity contribution in [3.63, 3.8) is 0 Å². The van der Waals surface area contributed by atoms with Gasteiger partial charge in [-0.15, -0.1) is 0 Å². The van der Waals surface area contributed by atoms with Gasteiger partial charge in [-0.2, -0.15) is 0 Å². The van der Waals surface area contributed by atoms with Gasteiger partial charge in [0.1, 0.15) is 18.0 Å². The van der Waals surface area contributed by atoms with Crippen LogP contribution >= 0.6 is 11.6 Å². The van der Waals surface area contributed by atoms with Crippen molar-refractivity contribution in [2.45, 2.75) is 58.5 Å². The van der Waals surface area contributed by atoms with Crippen LogP contribution in [0.15, 0.2) is 35.0 Å². The Morgan fingerprint density at radius 3 is 2.66 bits per heavy atom. The van der Waals surface area contributed by atoms with Crippen LogP contribution in [-0.4, -0.2) is 76.1 Å². The molecule has 4 heterocycles. The highest BCUT2D eigenvalue weighted by Gasteiger charge is 2.35. The zero-order chi connectivity index (χ0) is 29.4. The van der Waals surface area contributed by atoms with Gasteiger partial charge in [-0.05, 0) is 44.7 Å². The van der Waals surface area contributed by atoms with Crippen molar-refractivity contribution in [3.8, 4) is 0 Å². The zero-order valence-corrected chi connectivity index (χ0v) is 24.6. The fraction of sp³-hybridized carbons (Fsp3) is 0.448. The molecule has 1 aliphatic carbocycles. The fourth-order valence-electron chi connectivity index (χ4n) is 5.85. The van der Waals surface area contributed by atoms with Crippen LogP contribution in [0.5, 0.6) is 0 Å². The number of hydrogen-bond acceptors (Lipinski definition) is 7. The molecule has 41 heavy (non-hydrogen) atoms. The number of carbonyl (C=O) groups excluding carboxylic acids is 2. The number of nitrogens with zero attached hydrogens (tertiary/aromatic N) is 7. The number of amides is 2. The summed E-state index contributed by atoms with van der Waals surface area (Å²) in [7, 11) is 1.67. The van der Waals surface area contributed by atoms with E-state index < -0.39 is 5.83 Å². The van der Waals surface area contributed by atoms with Gasteiger partial charge in [0.15, 0.2) is 5.82 Å². The van der Waals surface area contributed by atoms with Gasteiger partial charge in [0, 0.05) is 38.4 Å². The Kier molecular flexibility index (Phi) is 8.08. The van der Waals surface area contributed by atoms with E-state index in [0.717, 1.165) is 6.41 Å². The predicted molar refractivity (Wildman–Crippen MR) is 157 cm³/mol. The lowest BCUT2D eigenvalue weighted by molar-refractivity contribution is -0.120. The second kappa shape index (κ2) is 11.6. The molecule has 2 unspecified atom stereocenters. The van der Waals surface area contributed by atoms with Crippen LogP contribution in [0, 0.1) is 0 Å². The molecule has 0 spiro atoms. The summed E-state index contributed by atoms with van der Waals surface area (Å²) in [6.45, 7) is 9.49. The van der Waals surface area contributed by atoms with E-state index in [1.807, 2.05) is 27.7 Å². The van der Waals surface area contributed by atoms with Gasteiger partial charge >= 0.3 is 0 Å². The maximum absolute atomic E-state index is 15.5. The van der Waals surface area contributed by atoms with Crippen LogP contribution < -0.4 is 10.2 Å². The average Bonchev–Trinajstić information content (AvgIpc) is 2.95. The monoisotopic (exact) mass is 580 g/mol. The Balaban J connectivity index is 1.82. The Labute approximate surface area is 244 Å². The molecule has 216 valence electrons. The topological polar surface area (TPSA) is 107 Å². The number of aromatic nitrogens is 3. The molecule has 3 aliphatic rings. The fourth-order valence-corrected chi connectivity index (χ4v) is 6.09. The third-order valence-corrected chi connectivity index (χ3v) is 8.07. The molecule has 0 saturated carbocycles. The molecule has 10 nitrogen and oxygen atoms in total. The standard InChI is InChI=1S/C29H34ClFN8O2/c1-16(2)24-27-25(34-13-33-24)18(4)35-22-8-6-7-21(31)23(22)26-20(30)11-19(29(36-26)39(27)15-41)28(32-5)38-10-9-37(14-40)12-17(38)3/h7,11,13-18,35H,6,8-10,12H2,1-5H3. The van der Waals surface area contributed by atoms with Crippen LogP contribution in [0.1, 0.15) is 75.1 Å². The number of pyridine rings is 1. The van der Waals surface area contributed by atoms with Gasteiger partial charge in [-0.3, -0.25) is 19.5 Å². The third-order valence-electron chi connectivity index (χ3n) is 7.79. The molecular weight excluding hydrogens is 547 g/mol. The highest BCUT2D eigenvalue weighted by atomic mass is 35.5. The number of carbonyl (C=O) groups is 2. The van der Waals surface area contributed by atoms with Crippen molar-refractivity contribution < 1.29 is 14.0 Å². The summed E-state index contributed by atoms with van der Waals surface area (Å²) in [5.41, 5.74) is 3.47. The number of aliphatic imine (C=N–C) groups is 1. The Hall–Kier alpha value is -3.86. The maximum Gasteiger partial charge on any atom is 0.220 e. The molecule has 2 amide bonds. The van der Waals surface area contributed by atoms with Crippen molar-refractivity contribution in [2.75, 3.05) is 31.6 Å². The minimum absolute atomic E-state index is 0.0415. The normalized spacial score (nSPS) is 21.2. The Morgan fingerprint density at radius 2 is 2.00 bits per heavy atom. The number of hydrogen-bond donors (Lipinski definition) is 1. The number of allylic oxidation sites excluding steroid dienone is 4. The maximum atomic E-state index is 15.5. The summed E-state index contributed by atoms with van der Waals surface area (Å²) in [6.07, 6.45) is 5.65. The predicted octanol–water partition coefficient (Wildman–Crippen LogP) is 4.50. The lowest BCUT2D eigenvalue weighted by Crippen LogP contribution is -2.54. The van der Waals surface area contributed by atoms with Crippen LogP contribution in [-0.2, 0) is 9.59 Å². The molecule has 12 heteroatoms. The van der Waals surface area contributed by atoms with Crippen molar-refractivity contribution in [3.05, 3.63) is 57.7 Å². The number of piperazine rings is 1. The lowest BCUT2D eigenvalue weighted by atomic mass is 9.95. The summed E-state index contributed by atoms with van der Waals surface area (Å²) < 4.78 is 15.5. The zero-order valence-electron chi connectivity index (χ0n) is 23.9. The van der Waals surface area contributed by atoms with Crippen LogP contribution in [0.4, 0.5) is 15.9 Å². The molecule has 1 N–H and O–H groups in total. The average molecular weight is 581 g/mol. The van der Waals surface area contributed by atoms with Crippen molar-refractivity contribution in [1.82, 2.24) is 30.1 Å². The van der Waals surface area contributed by atoms with E-state index in [1.165, 1.54) is 17.3 Å². The molecule has 1 fully saturated rings. The largest absolute Gasteiger partial charge is 0.380 e. The third kappa shape index (κ3) is 5.07. The Bertz CT molecular complexity index is 1470. The summed E-state index contributed by atoms with van der Waals surface area (Å²) in [5.74, 6) is 0.348. The molecule has 2 aromatic heterocycles. The quantitative estimate of drug-likeness (QED) is 0.322. The van der Waals surface area contributed by atoms with E-state index in [2.05, 4.69) is 25.2 Å². The number of amidine groups is 1. The molecule has 0 radical (unpaired) electrons. The molecule has 0 aromatic carbocycles. The van der Waals surface area contributed by atoms with Gasteiger partial charge in [-0.25, -0.2) is 19.3 Å². The highest BCUT2D eigenvalue weighted by Crippen LogP contribution is 2.43. The Morgan fingerprint density at radius 1 is 1.22 bits per heavy atom. The van der Waals surface area contributed by atoms with Crippen molar-refractivity contribution >= 4 is 47.3 Å². The van der Waals surface area contributed by atoms with E-state index in [-0.39, 0.29) is 40.1 Å². The molecule has 2 aliphatic heterocycles. The van der Waals surface area contributed by atoms with E-state index in [9.17, 15) is 9.59 Å². The van der Waals surface area contributed by atoms with Crippen LogP contribution in [0.3, 0.4) is 0 Å². The first kappa shape index (κ1) is 28.7. The van der Waals surface area contributed by atoms with Crippen molar-refractivity contribution in [1.29, 1.82) is 0 Å². The molecule has 1 saturated heterocycles. The second-order valence-electron chi connectivity index (χ2n) is 10.8. The lowest BCUT2D eigenvalue weighted by Gasteiger charge is -2.41. The van der Waals surface area contributed by atoms with Gasteiger partial charge in [-0.1, -0.05) is 25.4 Å². The smallest absolute Gasteiger partial charge is 0.220 e. The first-order valence-electron chi connectivity index (χ1n) is 13.8. The number of anilines is 2. The van der Waals surface area contributed by atoms with E-state index >= 15 is 4.39 Å². The number of rotatable bonds is 4. The molecule has 2 bridgehead atoms. The van der Waals surface area contributed by atoms with Crippen LogP contribution in [0.2, 0.25) is 5.02 Å². The van der Waals surface area contributed by atoms with Gasteiger partial charge in [0.2, 0.25) is 12.8 Å². The van der Waals surface area contributed by atoms with Crippen molar-refractivity contribution in [2.24, 2.45) is 4.99 Å². The van der Waals surface area contributed by atoms with Gasteiger partial charge in [0.25, 0.3) is 0 Å². The highest BCUT2D eigenvalue weighted by molar-refractivity contribution is 6.33. The molecule has 2 atom stereocenters. The second-order valence-corrected chi connectivity index (χ2v) is 11.2. The summed E-state index contributed by atoms with van der Waals surface area (Å²) >= 11 is 6.89. The summed E-state index contributed by atoms with van der Waals surface area (Å²) in [6, 6.07) is 1.25. The van der Waals surface area contributed by atoms with Gasteiger partial charge in [0.05, 0.1) is 45.0 Å². The number of fused-ring (bicyclic) bond motifs is 4. The summed E-state index contributed by atoms with van der Waals surface area (Å²) in [5, 5.41) is 3.67.